The van der Waals surface area contributed by atoms with E-state index in [4.69, 9.17) is 5.73 Å². The number of primary amides is 1. The van der Waals surface area contributed by atoms with Gasteiger partial charge in [0.15, 0.2) is 0 Å². The van der Waals surface area contributed by atoms with Crippen LogP contribution in [0.3, 0.4) is 0 Å². The molecule has 0 unspecified atom stereocenters. The monoisotopic (exact) mass is 282 g/mol. The van der Waals surface area contributed by atoms with Gasteiger partial charge in [0.05, 0.1) is 6.04 Å². The molecule has 21 heavy (non-hydrogen) atoms. The first-order chi connectivity index (χ1) is 9.99. The van der Waals surface area contributed by atoms with Gasteiger partial charge in [0.1, 0.15) is 0 Å². The van der Waals surface area contributed by atoms with E-state index >= 15 is 0 Å². The quantitative estimate of drug-likeness (QED) is 0.904. The zero-order chi connectivity index (χ0) is 15.4. The Morgan fingerprint density at radius 3 is 2.38 bits per heavy atom. The first-order valence-corrected chi connectivity index (χ1v) is 6.75. The van der Waals surface area contributed by atoms with Crippen LogP contribution in [0.5, 0.6) is 0 Å². The van der Waals surface area contributed by atoms with Gasteiger partial charge in [0.2, 0.25) is 5.91 Å². The molecule has 2 aromatic carbocycles. The van der Waals surface area contributed by atoms with Crippen molar-refractivity contribution in [2.45, 2.75) is 19.9 Å². The third-order valence-corrected chi connectivity index (χ3v) is 3.41. The summed E-state index contributed by atoms with van der Waals surface area (Å²) in [5, 5.41) is 2.91. The number of benzene rings is 2. The number of nitrogens with one attached hydrogen (secondary N) is 1. The highest BCUT2D eigenvalue weighted by Crippen LogP contribution is 2.14. The van der Waals surface area contributed by atoms with E-state index in [9.17, 15) is 9.59 Å². The van der Waals surface area contributed by atoms with Crippen molar-refractivity contribution in [1.82, 2.24) is 5.32 Å². The summed E-state index contributed by atoms with van der Waals surface area (Å²) in [7, 11) is 0. The molecule has 0 aromatic heterocycles. The first-order valence-electron chi connectivity index (χ1n) is 6.75. The van der Waals surface area contributed by atoms with Crippen LogP contribution in [-0.4, -0.2) is 11.8 Å². The maximum absolute atomic E-state index is 12.3. The molecule has 0 heterocycles. The lowest BCUT2D eigenvalue weighted by atomic mass is 10.0. The summed E-state index contributed by atoms with van der Waals surface area (Å²) in [6.45, 7) is 3.70. The molecule has 4 nitrogen and oxygen atoms in total. The van der Waals surface area contributed by atoms with Gasteiger partial charge in [0.25, 0.3) is 5.91 Å². The predicted octanol–water partition coefficient (Wildman–Crippen LogP) is 2.58. The van der Waals surface area contributed by atoms with E-state index in [1.807, 2.05) is 37.3 Å². The zero-order valence-corrected chi connectivity index (χ0v) is 12.1. The summed E-state index contributed by atoms with van der Waals surface area (Å²) in [6, 6.07) is 14.5. The molecule has 3 N–H and O–H groups in total. The van der Waals surface area contributed by atoms with E-state index < -0.39 is 5.91 Å². The second-order valence-corrected chi connectivity index (χ2v) is 5.00. The van der Waals surface area contributed by atoms with Crippen molar-refractivity contribution >= 4 is 11.8 Å². The molecule has 4 heteroatoms. The highest BCUT2D eigenvalue weighted by molar-refractivity contribution is 6.00. The molecule has 0 radical (unpaired) electrons. The number of nitrogens with two attached hydrogens (primary N) is 1. The van der Waals surface area contributed by atoms with Crippen LogP contribution in [0.25, 0.3) is 0 Å². The van der Waals surface area contributed by atoms with Crippen molar-refractivity contribution in [3.8, 4) is 0 Å². The van der Waals surface area contributed by atoms with E-state index in [1.165, 1.54) is 6.07 Å². The summed E-state index contributed by atoms with van der Waals surface area (Å²) >= 11 is 0. The number of hydrogen-bond donors (Lipinski definition) is 2. The maximum atomic E-state index is 12.3. The topological polar surface area (TPSA) is 72.2 Å². The van der Waals surface area contributed by atoms with Gasteiger partial charge < -0.3 is 11.1 Å². The summed E-state index contributed by atoms with van der Waals surface area (Å²) < 4.78 is 0. The van der Waals surface area contributed by atoms with Crippen LogP contribution in [-0.2, 0) is 0 Å². The molecular weight excluding hydrogens is 264 g/mol. The zero-order valence-electron chi connectivity index (χ0n) is 12.1. The average Bonchev–Trinajstić information content (AvgIpc) is 2.48. The highest BCUT2D eigenvalue weighted by Gasteiger charge is 2.14. The molecule has 1 atom stereocenters. The first kappa shape index (κ1) is 14.8. The minimum absolute atomic E-state index is 0.114. The van der Waals surface area contributed by atoms with Crippen molar-refractivity contribution in [1.29, 1.82) is 0 Å². The van der Waals surface area contributed by atoms with Gasteiger partial charge in [-0.3, -0.25) is 9.59 Å². The Labute approximate surface area is 124 Å². The van der Waals surface area contributed by atoms with Crippen LogP contribution < -0.4 is 11.1 Å². The molecule has 2 rings (SSSR count). The lowest BCUT2D eigenvalue weighted by Gasteiger charge is -2.15. The largest absolute Gasteiger partial charge is 0.366 e. The molecule has 0 spiro atoms. The molecule has 2 amide bonds. The van der Waals surface area contributed by atoms with Crippen molar-refractivity contribution in [3.05, 3.63) is 70.8 Å². The number of aryl methyl sites for hydroxylation is 1. The standard InChI is InChI=1S/C17H18N2O2/c1-11-8-9-14(10-15(11)16(18)20)17(21)19-12(2)13-6-4-3-5-7-13/h3-10,12H,1-2H3,(H2,18,20)(H,19,21)/t12-/m1/s1. The Hall–Kier alpha value is -2.62. The molecule has 2 aromatic rings. The van der Waals surface area contributed by atoms with Crippen LogP contribution in [0.2, 0.25) is 0 Å². The fraction of sp³-hybridized carbons (Fsp3) is 0.176. The lowest BCUT2D eigenvalue weighted by Crippen LogP contribution is -2.27. The molecule has 0 aliphatic heterocycles. The van der Waals surface area contributed by atoms with Crippen LogP contribution in [0, 0.1) is 6.92 Å². The minimum atomic E-state index is -0.529. The van der Waals surface area contributed by atoms with Gasteiger partial charge in [-0.1, -0.05) is 36.4 Å². The third kappa shape index (κ3) is 3.48. The normalized spacial score (nSPS) is 11.7. The second kappa shape index (κ2) is 6.22. The van der Waals surface area contributed by atoms with E-state index in [0.29, 0.717) is 11.1 Å². The van der Waals surface area contributed by atoms with Crippen molar-refractivity contribution in [3.63, 3.8) is 0 Å². The molecule has 0 aliphatic carbocycles. The van der Waals surface area contributed by atoms with Crippen molar-refractivity contribution in [2.75, 3.05) is 0 Å². The number of hydrogen-bond acceptors (Lipinski definition) is 2. The Kier molecular flexibility index (Phi) is 4.38. The van der Waals surface area contributed by atoms with Gasteiger partial charge in [-0.05, 0) is 37.1 Å². The molecule has 0 aliphatic rings. The van der Waals surface area contributed by atoms with E-state index in [1.54, 1.807) is 19.1 Å². The van der Waals surface area contributed by atoms with Crippen LogP contribution in [0.4, 0.5) is 0 Å². The number of rotatable bonds is 4. The minimum Gasteiger partial charge on any atom is -0.366 e. The number of carbonyl (C=O) groups is 2. The van der Waals surface area contributed by atoms with Crippen molar-refractivity contribution < 1.29 is 9.59 Å². The van der Waals surface area contributed by atoms with Gasteiger partial charge in [-0.2, -0.15) is 0 Å². The van der Waals surface area contributed by atoms with E-state index in [-0.39, 0.29) is 11.9 Å². The van der Waals surface area contributed by atoms with Gasteiger partial charge in [-0.25, -0.2) is 0 Å². The molecule has 0 saturated heterocycles. The molecular formula is C17H18N2O2. The molecule has 108 valence electrons. The van der Waals surface area contributed by atoms with Crippen molar-refractivity contribution in [2.24, 2.45) is 5.73 Å². The fourth-order valence-electron chi connectivity index (χ4n) is 2.13. The van der Waals surface area contributed by atoms with Gasteiger partial charge >= 0.3 is 0 Å². The Bertz CT molecular complexity index is 666. The summed E-state index contributed by atoms with van der Waals surface area (Å²) in [5.41, 5.74) is 7.88. The number of carbonyl (C=O) groups excluding carboxylic acids is 2. The Morgan fingerprint density at radius 2 is 1.76 bits per heavy atom. The Morgan fingerprint density at radius 1 is 1.10 bits per heavy atom. The van der Waals surface area contributed by atoms with E-state index in [2.05, 4.69) is 5.32 Å². The van der Waals surface area contributed by atoms with Crippen LogP contribution in [0.1, 0.15) is 44.8 Å². The second-order valence-electron chi connectivity index (χ2n) is 5.00. The Balaban J connectivity index is 2.17. The van der Waals surface area contributed by atoms with Gasteiger partial charge in [-0.15, -0.1) is 0 Å². The molecule has 0 fully saturated rings. The van der Waals surface area contributed by atoms with Crippen LogP contribution >= 0.6 is 0 Å². The molecule has 0 bridgehead atoms. The smallest absolute Gasteiger partial charge is 0.251 e. The lowest BCUT2D eigenvalue weighted by molar-refractivity contribution is 0.0940. The molecule has 0 saturated carbocycles. The predicted molar refractivity (Wildman–Crippen MR) is 82.0 cm³/mol. The summed E-state index contributed by atoms with van der Waals surface area (Å²) in [4.78, 5) is 23.6. The highest BCUT2D eigenvalue weighted by atomic mass is 16.2. The summed E-state index contributed by atoms with van der Waals surface area (Å²) in [5.74, 6) is -0.757. The van der Waals surface area contributed by atoms with E-state index in [0.717, 1.165) is 11.1 Å². The SMILES string of the molecule is Cc1ccc(C(=O)N[C@H](C)c2ccccc2)cc1C(N)=O. The third-order valence-electron chi connectivity index (χ3n) is 3.41. The average molecular weight is 282 g/mol. The fourth-order valence-corrected chi connectivity index (χ4v) is 2.13. The summed E-state index contributed by atoms with van der Waals surface area (Å²) in [6.07, 6.45) is 0. The number of amides is 2. The van der Waals surface area contributed by atoms with Gasteiger partial charge in [0, 0.05) is 11.1 Å². The van der Waals surface area contributed by atoms with Crippen LogP contribution in [0.15, 0.2) is 48.5 Å². The maximum Gasteiger partial charge on any atom is 0.251 e.